The van der Waals surface area contributed by atoms with Crippen LogP contribution in [0.25, 0.3) is 0 Å². The first kappa shape index (κ1) is 16.3. The molecule has 0 fully saturated rings. The SMILES string of the molecule is CNC(=O)C(C)CN(C)c1cc(S(N)(=O)=O)ccc1N. The average Bonchev–Trinajstić information content (AvgIpc) is 2.36. The zero-order chi connectivity index (χ0) is 15.5. The quantitative estimate of drug-likeness (QED) is 0.647. The summed E-state index contributed by atoms with van der Waals surface area (Å²) < 4.78 is 22.7. The van der Waals surface area contributed by atoms with Gasteiger partial charge in [-0.1, -0.05) is 6.92 Å². The van der Waals surface area contributed by atoms with Crippen LogP contribution in [0, 0.1) is 5.92 Å². The lowest BCUT2D eigenvalue weighted by molar-refractivity contribution is -0.123. The van der Waals surface area contributed by atoms with E-state index in [0.717, 1.165) is 0 Å². The molecule has 1 amide bonds. The first-order valence-electron chi connectivity index (χ1n) is 6.02. The highest BCUT2D eigenvalue weighted by Crippen LogP contribution is 2.26. The van der Waals surface area contributed by atoms with Gasteiger partial charge in [0, 0.05) is 20.6 Å². The number of sulfonamides is 1. The van der Waals surface area contributed by atoms with Gasteiger partial charge in [-0.25, -0.2) is 13.6 Å². The van der Waals surface area contributed by atoms with Crippen molar-refractivity contribution in [2.75, 3.05) is 31.3 Å². The summed E-state index contributed by atoms with van der Waals surface area (Å²) in [5.41, 5.74) is 6.78. The van der Waals surface area contributed by atoms with Crippen molar-refractivity contribution >= 4 is 27.3 Å². The number of anilines is 2. The zero-order valence-electron chi connectivity index (χ0n) is 11.8. The molecular weight excluding hydrogens is 280 g/mol. The standard InChI is InChI=1S/C12H20N4O3S/c1-8(12(17)15-2)7-16(3)11-6-9(20(14,18)19)4-5-10(11)13/h4-6,8H,7,13H2,1-3H3,(H,15,17)(H2,14,18,19). The number of hydrogen-bond acceptors (Lipinski definition) is 5. The van der Waals surface area contributed by atoms with E-state index in [4.69, 9.17) is 10.9 Å². The third kappa shape index (κ3) is 3.84. The fraction of sp³-hybridized carbons (Fsp3) is 0.417. The Balaban J connectivity index is 3.04. The number of hydrogen-bond donors (Lipinski definition) is 3. The molecule has 0 aliphatic carbocycles. The third-order valence-corrected chi connectivity index (χ3v) is 3.89. The molecular formula is C12H20N4O3S. The van der Waals surface area contributed by atoms with Crippen molar-refractivity contribution in [3.63, 3.8) is 0 Å². The fourth-order valence-electron chi connectivity index (χ4n) is 1.87. The Morgan fingerprint density at radius 3 is 2.55 bits per heavy atom. The molecule has 0 bridgehead atoms. The summed E-state index contributed by atoms with van der Waals surface area (Å²) in [6.45, 7) is 2.17. The van der Waals surface area contributed by atoms with E-state index in [9.17, 15) is 13.2 Å². The normalized spacial score (nSPS) is 12.8. The van der Waals surface area contributed by atoms with Crippen molar-refractivity contribution in [1.82, 2.24) is 5.32 Å². The number of nitrogens with two attached hydrogens (primary N) is 2. The molecule has 0 spiro atoms. The molecule has 112 valence electrons. The first-order chi connectivity index (χ1) is 9.16. The van der Waals surface area contributed by atoms with Crippen molar-refractivity contribution in [3.05, 3.63) is 18.2 Å². The van der Waals surface area contributed by atoms with Crippen LogP contribution in [0.4, 0.5) is 11.4 Å². The van der Waals surface area contributed by atoms with Crippen LogP contribution < -0.4 is 21.1 Å². The summed E-state index contributed by atoms with van der Waals surface area (Å²) in [6, 6.07) is 4.24. The summed E-state index contributed by atoms with van der Waals surface area (Å²) in [7, 11) is -0.488. The van der Waals surface area contributed by atoms with Gasteiger partial charge in [0.05, 0.1) is 22.2 Å². The van der Waals surface area contributed by atoms with Crippen LogP contribution in [-0.4, -0.2) is 35.0 Å². The number of benzene rings is 1. The van der Waals surface area contributed by atoms with Gasteiger partial charge in [-0.05, 0) is 18.2 Å². The van der Waals surface area contributed by atoms with Crippen molar-refractivity contribution in [1.29, 1.82) is 0 Å². The molecule has 7 nitrogen and oxygen atoms in total. The van der Waals surface area contributed by atoms with E-state index < -0.39 is 10.0 Å². The van der Waals surface area contributed by atoms with Crippen molar-refractivity contribution < 1.29 is 13.2 Å². The van der Waals surface area contributed by atoms with Crippen LogP contribution >= 0.6 is 0 Å². The van der Waals surface area contributed by atoms with Crippen LogP contribution in [0.5, 0.6) is 0 Å². The Kier molecular flexibility index (Phi) is 4.96. The van der Waals surface area contributed by atoms with Crippen LogP contribution in [-0.2, 0) is 14.8 Å². The van der Waals surface area contributed by atoms with Gasteiger partial charge in [-0.15, -0.1) is 0 Å². The van der Waals surface area contributed by atoms with E-state index in [2.05, 4.69) is 5.32 Å². The maximum Gasteiger partial charge on any atom is 0.238 e. The van der Waals surface area contributed by atoms with E-state index in [-0.39, 0.29) is 16.7 Å². The molecule has 0 aliphatic heterocycles. The number of carbonyl (C=O) groups is 1. The monoisotopic (exact) mass is 300 g/mol. The maximum atomic E-state index is 11.5. The highest BCUT2D eigenvalue weighted by molar-refractivity contribution is 7.89. The molecule has 1 atom stereocenters. The lowest BCUT2D eigenvalue weighted by Gasteiger charge is -2.24. The van der Waals surface area contributed by atoms with E-state index >= 15 is 0 Å². The summed E-state index contributed by atoms with van der Waals surface area (Å²) in [5, 5.41) is 7.65. The zero-order valence-corrected chi connectivity index (χ0v) is 12.6. The van der Waals surface area contributed by atoms with Crippen molar-refractivity contribution in [2.24, 2.45) is 11.1 Å². The summed E-state index contributed by atoms with van der Waals surface area (Å²) in [5.74, 6) is -0.361. The van der Waals surface area contributed by atoms with Crippen LogP contribution in [0.3, 0.4) is 0 Å². The number of carbonyl (C=O) groups excluding carboxylic acids is 1. The number of rotatable bonds is 5. The fourth-order valence-corrected chi connectivity index (χ4v) is 2.40. The topological polar surface area (TPSA) is 119 Å². The number of primary sulfonamides is 1. The highest BCUT2D eigenvalue weighted by atomic mass is 32.2. The van der Waals surface area contributed by atoms with Gasteiger partial charge in [0.25, 0.3) is 0 Å². The summed E-state index contributed by atoms with van der Waals surface area (Å²) in [4.78, 5) is 13.2. The first-order valence-corrected chi connectivity index (χ1v) is 7.56. The second-order valence-electron chi connectivity index (χ2n) is 4.66. The minimum Gasteiger partial charge on any atom is -0.397 e. The number of amides is 1. The number of nitrogens with zero attached hydrogens (tertiary/aromatic N) is 1. The molecule has 5 N–H and O–H groups in total. The average molecular weight is 300 g/mol. The Hall–Kier alpha value is -1.80. The second kappa shape index (κ2) is 6.10. The van der Waals surface area contributed by atoms with E-state index in [0.29, 0.717) is 17.9 Å². The Labute approximate surface area is 119 Å². The summed E-state index contributed by atoms with van der Waals surface area (Å²) >= 11 is 0. The third-order valence-electron chi connectivity index (χ3n) is 2.98. The second-order valence-corrected chi connectivity index (χ2v) is 6.22. The predicted octanol–water partition coefficient (Wildman–Crippen LogP) is -0.265. The molecule has 0 saturated carbocycles. The largest absolute Gasteiger partial charge is 0.397 e. The van der Waals surface area contributed by atoms with Gasteiger partial charge in [0.2, 0.25) is 15.9 Å². The molecule has 1 rings (SSSR count). The van der Waals surface area contributed by atoms with Gasteiger partial charge < -0.3 is 16.0 Å². The van der Waals surface area contributed by atoms with Crippen LogP contribution in [0.2, 0.25) is 0 Å². The number of nitrogen functional groups attached to an aromatic ring is 1. The smallest absolute Gasteiger partial charge is 0.238 e. The molecule has 20 heavy (non-hydrogen) atoms. The van der Waals surface area contributed by atoms with E-state index in [1.807, 2.05) is 0 Å². The Morgan fingerprint density at radius 2 is 2.05 bits per heavy atom. The van der Waals surface area contributed by atoms with Crippen molar-refractivity contribution in [2.45, 2.75) is 11.8 Å². The van der Waals surface area contributed by atoms with Gasteiger partial charge in [0.1, 0.15) is 0 Å². The number of nitrogens with one attached hydrogen (secondary N) is 1. The Bertz CT molecular complexity index is 601. The van der Waals surface area contributed by atoms with Crippen LogP contribution in [0.15, 0.2) is 23.1 Å². The Morgan fingerprint density at radius 1 is 1.45 bits per heavy atom. The predicted molar refractivity (Wildman–Crippen MR) is 78.7 cm³/mol. The molecule has 1 unspecified atom stereocenters. The lowest BCUT2D eigenvalue weighted by Crippen LogP contribution is -2.34. The van der Waals surface area contributed by atoms with Gasteiger partial charge in [-0.3, -0.25) is 4.79 Å². The molecule has 1 aromatic rings. The van der Waals surface area contributed by atoms with Gasteiger partial charge in [0.15, 0.2) is 0 Å². The molecule has 0 aromatic heterocycles. The highest BCUT2D eigenvalue weighted by Gasteiger charge is 2.17. The minimum atomic E-state index is -3.79. The minimum absolute atomic E-state index is 0.0128. The molecule has 0 radical (unpaired) electrons. The molecule has 0 saturated heterocycles. The molecule has 1 aromatic carbocycles. The molecule has 0 aliphatic rings. The molecule has 8 heteroatoms. The van der Waals surface area contributed by atoms with Crippen molar-refractivity contribution in [3.8, 4) is 0 Å². The van der Waals surface area contributed by atoms with Gasteiger partial charge in [-0.2, -0.15) is 0 Å². The molecule has 0 heterocycles. The van der Waals surface area contributed by atoms with Crippen LogP contribution in [0.1, 0.15) is 6.92 Å². The van der Waals surface area contributed by atoms with Gasteiger partial charge >= 0.3 is 0 Å². The summed E-state index contributed by atoms with van der Waals surface area (Å²) in [6.07, 6.45) is 0. The lowest BCUT2D eigenvalue weighted by atomic mass is 10.1. The van der Waals surface area contributed by atoms with E-state index in [1.54, 1.807) is 25.9 Å². The van der Waals surface area contributed by atoms with E-state index in [1.165, 1.54) is 18.2 Å². The maximum absolute atomic E-state index is 11.5.